The number of pyridine rings is 1. The summed E-state index contributed by atoms with van der Waals surface area (Å²) in [6.45, 7) is 9.12. The summed E-state index contributed by atoms with van der Waals surface area (Å²) in [6, 6.07) is 6.95. The molecule has 1 aliphatic rings. The zero-order valence-electron chi connectivity index (χ0n) is 13.4. The van der Waals surface area contributed by atoms with Gasteiger partial charge in [0.05, 0.1) is 0 Å². The predicted octanol–water partition coefficient (Wildman–Crippen LogP) is 4.07. The second-order valence-electron chi connectivity index (χ2n) is 7.41. The lowest BCUT2D eigenvalue weighted by Gasteiger charge is -2.23. The summed E-state index contributed by atoms with van der Waals surface area (Å²) in [4.78, 5) is 4.45. The maximum Gasteiger partial charge on any atom is 0.0346 e. The average molecular weight is 282 g/mol. The second kappa shape index (κ2) is 5.76. The van der Waals surface area contributed by atoms with Gasteiger partial charge in [0, 0.05) is 17.8 Å². The third-order valence-corrected chi connectivity index (χ3v) is 4.55. The number of aromatic nitrogens is 1. The molecule has 1 aromatic heterocycles. The highest BCUT2D eigenvalue weighted by atomic mass is 14.9. The molecule has 1 fully saturated rings. The minimum atomic E-state index is 0.140. The molecule has 0 saturated carbocycles. The Balaban J connectivity index is 1.90. The molecule has 112 valence electrons. The zero-order valence-corrected chi connectivity index (χ0v) is 13.4. The monoisotopic (exact) mass is 282 g/mol. The Bertz CT molecular complexity index is 619. The fourth-order valence-corrected chi connectivity index (χ4v) is 3.38. The lowest BCUT2D eigenvalue weighted by atomic mass is 9.84. The molecule has 0 bridgehead atoms. The fraction of sp³-hybridized carbons (Fsp3) is 0.526. The van der Waals surface area contributed by atoms with Crippen molar-refractivity contribution in [1.82, 2.24) is 10.3 Å². The first-order valence-electron chi connectivity index (χ1n) is 8.12. The van der Waals surface area contributed by atoms with E-state index in [1.807, 2.05) is 12.4 Å². The van der Waals surface area contributed by atoms with Gasteiger partial charge in [0.25, 0.3) is 0 Å². The standard InChI is InChI=1S/C19H26N2/c1-19(2,3)18-13-21-12-16-10-14(6-7-17(16)18)9-15-5-4-8-20-11-15/h6-7,10,12-13,15,20H,4-5,8-9,11H2,1-3H3. The number of piperidine rings is 1. The Kier molecular flexibility index (Phi) is 3.99. The van der Waals surface area contributed by atoms with E-state index in [0.717, 1.165) is 12.5 Å². The van der Waals surface area contributed by atoms with Gasteiger partial charge in [0.15, 0.2) is 0 Å². The van der Waals surface area contributed by atoms with E-state index in [4.69, 9.17) is 0 Å². The zero-order chi connectivity index (χ0) is 14.9. The molecule has 21 heavy (non-hydrogen) atoms. The van der Waals surface area contributed by atoms with Crippen molar-refractivity contribution in [2.75, 3.05) is 13.1 Å². The van der Waals surface area contributed by atoms with Crippen LogP contribution in [0.1, 0.15) is 44.7 Å². The van der Waals surface area contributed by atoms with Gasteiger partial charge in [0.1, 0.15) is 0 Å². The minimum Gasteiger partial charge on any atom is -0.316 e. The Morgan fingerprint density at radius 2 is 2.10 bits per heavy atom. The van der Waals surface area contributed by atoms with Crippen LogP contribution in [0.3, 0.4) is 0 Å². The first-order chi connectivity index (χ1) is 10.0. The van der Waals surface area contributed by atoms with Crippen LogP contribution in [0, 0.1) is 5.92 Å². The molecule has 2 heteroatoms. The highest BCUT2D eigenvalue weighted by Crippen LogP contribution is 2.30. The predicted molar refractivity (Wildman–Crippen MR) is 89.7 cm³/mol. The van der Waals surface area contributed by atoms with Crippen LogP contribution >= 0.6 is 0 Å². The first kappa shape index (κ1) is 14.5. The molecular weight excluding hydrogens is 256 g/mol. The Morgan fingerprint density at radius 3 is 2.81 bits per heavy atom. The van der Waals surface area contributed by atoms with Crippen molar-refractivity contribution >= 4 is 10.8 Å². The number of hydrogen-bond donors (Lipinski definition) is 1. The van der Waals surface area contributed by atoms with Crippen LogP contribution in [0.25, 0.3) is 10.8 Å². The van der Waals surface area contributed by atoms with Gasteiger partial charge in [-0.1, -0.05) is 32.9 Å². The van der Waals surface area contributed by atoms with Crippen LogP contribution in [-0.2, 0) is 11.8 Å². The van der Waals surface area contributed by atoms with Crippen molar-refractivity contribution in [2.45, 2.75) is 45.4 Å². The molecule has 1 aliphatic heterocycles. The van der Waals surface area contributed by atoms with Crippen molar-refractivity contribution < 1.29 is 0 Å². The summed E-state index contributed by atoms with van der Waals surface area (Å²) < 4.78 is 0. The maximum atomic E-state index is 4.45. The third-order valence-electron chi connectivity index (χ3n) is 4.55. The number of rotatable bonds is 2. The fourth-order valence-electron chi connectivity index (χ4n) is 3.38. The smallest absolute Gasteiger partial charge is 0.0346 e. The van der Waals surface area contributed by atoms with Crippen LogP contribution in [0.2, 0.25) is 0 Å². The Labute approximate surface area is 128 Å². The molecule has 0 spiro atoms. The van der Waals surface area contributed by atoms with Crippen LogP contribution in [0.15, 0.2) is 30.6 Å². The van der Waals surface area contributed by atoms with Gasteiger partial charge in [-0.05, 0) is 66.3 Å². The van der Waals surface area contributed by atoms with Crippen LogP contribution in [0.4, 0.5) is 0 Å². The van der Waals surface area contributed by atoms with E-state index in [9.17, 15) is 0 Å². The largest absolute Gasteiger partial charge is 0.316 e. The van der Waals surface area contributed by atoms with E-state index in [-0.39, 0.29) is 5.41 Å². The van der Waals surface area contributed by atoms with E-state index in [1.165, 1.54) is 47.7 Å². The summed E-state index contributed by atoms with van der Waals surface area (Å²) in [5.74, 6) is 0.787. The van der Waals surface area contributed by atoms with E-state index in [0.29, 0.717) is 0 Å². The van der Waals surface area contributed by atoms with Crippen LogP contribution < -0.4 is 5.32 Å². The second-order valence-corrected chi connectivity index (χ2v) is 7.41. The van der Waals surface area contributed by atoms with Gasteiger partial charge < -0.3 is 5.32 Å². The van der Waals surface area contributed by atoms with Crippen molar-refractivity contribution in [3.63, 3.8) is 0 Å². The maximum absolute atomic E-state index is 4.45. The van der Waals surface area contributed by atoms with Crippen molar-refractivity contribution in [2.24, 2.45) is 5.92 Å². The van der Waals surface area contributed by atoms with Gasteiger partial charge in [-0.15, -0.1) is 0 Å². The molecule has 1 N–H and O–H groups in total. The minimum absolute atomic E-state index is 0.140. The van der Waals surface area contributed by atoms with Crippen molar-refractivity contribution in [3.8, 4) is 0 Å². The summed E-state index contributed by atoms with van der Waals surface area (Å²) >= 11 is 0. The molecule has 0 aliphatic carbocycles. The quantitative estimate of drug-likeness (QED) is 0.898. The summed E-state index contributed by atoms with van der Waals surface area (Å²) in [5, 5.41) is 6.14. The molecule has 0 radical (unpaired) electrons. The van der Waals surface area contributed by atoms with Gasteiger partial charge in [-0.2, -0.15) is 0 Å². The molecule has 3 rings (SSSR count). The average Bonchev–Trinajstić information content (AvgIpc) is 2.46. The SMILES string of the molecule is CC(C)(C)c1cncc2cc(CC3CCCNC3)ccc12. The lowest BCUT2D eigenvalue weighted by Crippen LogP contribution is -2.30. The molecule has 0 amide bonds. The molecule has 2 aromatic rings. The molecule has 2 heterocycles. The summed E-state index contributed by atoms with van der Waals surface area (Å²) in [7, 11) is 0. The molecule has 1 saturated heterocycles. The molecule has 2 nitrogen and oxygen atoms in total. The molecule has 1 unspecified atom stereocenters. The molecular formula is C19H26N2. The normalized spacial score (nSPS) is 19.9. The molecule has 1 atom stereocenters. The number of benzene rings is 1. The van der Waals surface area contributed by atoms with Gasteiger partial charge in [-0.3, -0.25) is 4.98 Å². The summed E-state index contributed by atoms with van der Waals surface area (Å²) in [5.41, 5.74) is 2.93. The van der Waals surface area contributed by atoms with E-state index in [1.54, 1.807) is 0 Å². The third kappa shape index (κ3) is 3.26. The number of nitrogens with zero attached hydrogens (tertiary/aromatic N) is 1. The van der Waals surface area contributed by atoms with E-state index >= 15 is 0 Å². The highest BCUT2D eigenvalue weighted by Gasteiger charge is 2.18. The highest BCUT2D eigenvalue weighted by molar-refractivity contribution is 5.86. The molecule has 1 aromatic carbocycles. The topological polar surface area (TPSA) is 24.9 Å². The van der Waals surface area contributed by atoms with Crippen LogP contribution in [0.5, 0.6) is 0 Å². The first-order valence-corrected chi connectivity index (χ1v) is 8.12. The van der Waals surface area contributed by atoms with Crippen molar-refractivity contribution in [1.29, 1.82) is 0 Å². The van der Waals surface area contributed by atoms with Gasteiger partial charge >= 0.3 is 0 Å². The summed E-state index contributed by atoms with van der Waals surface area (Å²) in [6.07, 6.45) is 7.88. The van der Waals surface area contributed by atoms with Gasteiger partial charge in [-0.25, -0.2) is 0 Å². The number of fused-ring (bicyclic) bond motifs is 1. The Hall–Kier alpha value is -1.41. The number of hydrogen-bond acceptors (Lipinski definition) is 2. The van der Waals surface area contributed by atoms with Crippen molar-refractivity contribution in [3.05, 3.63) is 41.7 Å². The van der Waals surface area contributed by atoms with E-state index in [2.05, 4.69) is 49.3 Å². The van der Waals surface area contributed by atoms with E-state index < -0.39 is 0 Å². The lowest BCUT2D eigenvalue weighted by molar-refractivity contribution is 0.376. The Morgan fingerprint density at radius 1 is 1.24 bits per heavy atom. The van der Waals surface area contributed by atoms with Crippen LogP contribution in [-0.4, -0.2) is 18.1 Å². The number of nitrogens with one attached hydrogen (secondary N) is 1. The van der Waals surface area contributed by atoms with Gasteiger partial charge in [0.2, 0.25) is 0 Å².